The number of Topliss-reactive ketones (excluding diaryl/α,β-unsaturated/α-hetero) is 1. The van der Waals surface area contributed by atoms with Crippen LogP contribution in [-0.2, 0) is 4.74 Å². The van der Waals surface area contributed by atoms with Gasteiger partial charge in [0.05, 0.1) is 6.54 Å². The first-order valence-electron chi connectivity index (χ1n) is 12.3. The highest BCUT2D eigenvalue weighted by atomic mass is 19.1. The van der Waals surface area contributed by atoms with Crippen LogP contribution in [0.1, 0.15) is 60.7 Å². The molecule has 0 aliphatic heterocycles. The highest BCUT2D eigenvalue weighted by Gasteiger charge is 2.19. The second kappa shape index (κ2) is 15.5. The molecule has 0 bridgehead atoms. The summed E-state index contributed by atoms with van der Waals surface area (Å²) in [6.45, 7) is 5.77. The topological polar surface area (TPSA) is 86.0 Å². The molecule has 0 atom stereocenters. The van der Waals surface area contributed by atoms with Crippen LogP contribution in [0.2, 0.25) is 0 Å². The average Bonchev–Trinajstić information content (AvgIpc) is 2.87. The highest BCUT2D eigenvalue weighted by molar-refractivity contribution is 5.96. The van der Waals surface area contributed by atoms with Crippen molar-refractivity contribution < 1.29 is 32.8 Å². The fourth-order valence-electron chi connectivity index (χ4n) is 3.85. The summed E-state index contributed by atoms with van der Waals surface area (Å²) in [7, 11) is 0. The molecule has 8 heteroatoms. The van der Waals surface area contributed by atoms with Gasteiger partial charge in [0.15, 0.2) is 6.10 Å². The van der Waals surface area contributed by atoms with Gasteiger partial charge in [0.2, 0.25) is 5.78 Å². The van der Waals surface area contributed by atoms with Gasteiger partial charge in [-0.3, -0.25) is 4.79 Å². The van der Waals surface area contributed by atoms with Crippen LogP contribution < -0.4 is 11.1 Å². The third-order valence-electron chi connectivity index (χ3n) is 5.95. The second-order valence-electron chi connectivity index (χ2n) is 8.61. The molecule has 0 fully saturated rings. The van der Waals surface area contributed by atoms with Crippen molar-refractivity contribution in [3.63, 3.8) is 0 Å². The molecule has 1 amide bonds. The number of ether oxygens (including phenoxy) is 1. The van der Waals surface area contributed by atoms with E-state index in [0.29, 0.717) is 23.2 Å². The molecule has 3 aromatic rings. The molecule has 5 nitrogen and oxygen atoms in total. The maximum absolute atomic E-state index is 13.2. The molecule has 0 radical (unpaired) electrons. The fourth-order valence-corrected chi connectivity index (χ4v) is 3.85. The molecule has 3 rings (SSSR count). The second-order valence-corrected chi connectivity index (χ2v) is 8.61. The predicted molar refractivity (Wildman–Crippen MR) is 136 cm³/mol. The number of carbonyl (C=O) groups is 2. The predicted octanol–water partition coefficient (Wildman–Crippen LogP) is 5.55. The maximum Gasteiger partial charge on any atom is 0.405 e. The van der Waals surface area contributed by atoms with E-state index in [1.165, 1.54) is 61.4 Å². The van der Waals surface area contributed by atoms with Crippen LogP contribution >= 0.6 is 0 Å². The van der Waals surface area contributed by atoms with Crippen LogP contribution in [0.4, 0.5) is 18.0 Å². The normalized spacial score (nSPS) is 10.7. The summed E-state index contributed by atoms with van der Waals surface area (Å²) in [6.07, 6.45) is 1.58. The van der Waals surface area contributed by atoms with Crippen molar-refractivity contribution in [2.45, 2.75) is 39.2 Å². The van der Waals surface area contributed by atoms with Gasteiger partial charge in [0, 0.05) is 5.56 Å². The standard InChI is InChI=1S/C15H22FNO.C14H11F2NO2/c1-3-12(4-2)8-9-17-11-15(18)13-6-5-7-14(16)10-13;15-11-5-1-3-9(7-11)13(19-14(17)18)10-4-2-6-12(16)8-10/h5-7,10,12,17H,3-4,8-9,11H2,1-2H3;1-8,13H,(H2,17,18)/p+1. The molecular weight excluding hydrogens is 481 g/mol. The summed E-state index contributed by atoms with van der Waals surface area (Å²) in [6, 6.07) is 16.9. The van der Waals surface area contributed by atoms with Crippen LogP contribution in [0, 0.1) is 23.4 Å². The Morgan fingerprint density at radius 1 is 0.838 bits per heavy atom. The van der Waals surface area contributed by atoms with Crippen molar-refractivity contribution in [3.8, 4) is 0 Å². The van der Waals surface area contributed by atoms with E-state index in [0.717, 1.165) is 18.9 Å². The van der Waals surface area contributed by atoms with Gasteiger partial charge >= 0.3 is 6.09 Å². The van der Waals surface area contributed by atoms with E-state index in [1.54, 1.807) is 24.3 Å². The quantitative estimate of drug-likeness (QED) is 0.259. The first kappa shape index (κ1) is 29.6. The SMILES string of the molecule is CCC(CC)CC[NH2+]CC(=O)c1cccc(F)c1.NC(=O)OC(c1cccc(F)c1)c1cccc(F)c1. The van der Waals surface area contributed by atoms with Crippen LogP contribution in [-0.4, -0.2) is 25.0 Å². The molecular formula is C29H34F3N2O3+. The lowest BCUT2D eigenvalue weighted by atomic mass is 10.00. The third-order valence-corrected chi connectivity index (χ3v) is 5.95. The molecule has 37 heavy (non-hydrogen) atoms. The van der Waals surface area contributed by atoms with Crippen molar-refractivity contribution in [1.29, 1.82) is 0 Å². The van der Waals surface area contributed by atoms with Gasteiger partial charge in [0.1, 0.15) is 24.0 Å². The number of halogens is 3. The van der Waals surface area contributed by atoms with Crippen LogP contribution in [0.5, 0.6) is 0 Å². The number of primary amides is 1. The number of ketones is 1. The fraction of sp³-hybridized carbons (Fsp3) is 0.310. The number of hydrogen-bond acceptors (Lipinski definition) is 3. The molecule has 0 heterocycles. The molecule has 0 spiro atoms. The Labute approximate surface area is 215 Å². The van der Waals surface area contributed by atoms with Gasteiger partial charge < -0.3 is 15.8 Å². The Bertz CT molecular complexity index is 1110. The van der Waals surface area contributed by atoms with Crippen molar-refractivity contribution >= 4 is 11.9 Å². The first-order chi connectivity index (χ1) is 17.7. The summed E-state index contributed by atoms with van der Waals surface area (Å²) < 4.78 is 44.3. The zero-order valence-corrected chi connectivity index (χ0v) is 21.1. The van der Waals surface area contributed by atoms with Gasteiger partial charge in [-0.2, -0.15) is 0 Å². The van der Waals surface area contributed by atoms with Gasteiger partial charge in [0.25, 0.3) is 0 Å². The zero-order chi connectivity index (χ0) is 27.2. The summed E-state index contributed by atoms with van der Waals surface area (Å²) in [5.74, 6) is -0.554. The number of benzene rings is 3. The van der Waals surface area contributed by atoms with E-state index < -0.39 is 23.8 Å². The summed E-state index contributed by atoms with van der Waals surface area (Å²) in [4.78, 5) is 22.7. The van der Waals surface area contributed by atoms with Crippen molar-refractivity contribution in [2.24, 2.45) is 11.7 Å². The minimum atomic E-state index is -1.02. The first-order valence-corrected chi connectivity index (χ1v) is 12.3. The van der Waals surface area contributed by atoms with Crippen LogP contribution in [0.15, 0.2) is 72.8 Å². The average molecular weight is 516 g/mol. The van der Waals surface area contributed by atoms with E-state index in [9.17, 15) is 22.8 Å². The van der Waals surface area contributed by atoms with Gasteiger partial charge in [-0.25, -0.2) is 18.0 Å². The van der Waals surface area contributed by atoms with Crippen LogP contribution in [0.3, 0.4) is 0 Å². The number of hydrogen-bond donors (Lipinski definition) is 2. The number of carbonyl (C=O) groups excluding carboxylic acids is 2. The largest absolute Gasteiger partial charge is 0.437 e. The minimum Gasteiger partial charge on any atom is -0.437 e. The number of nitrogens with two attached hydrogens (primary N) is 2. The van der Waals surface area contributed by atoms with Crippen molar-refractivity contribution in [1.82, 2.24) is 0 Å². The molecule has 0 aromatic heterocycles. The Morgan fingerprint density at radius 3 is 1.81 bits per heavy atom. The third kappa shape index (κ3) is 10.5. The lowest BCUT2D eigenvalue weighted by Crippen LogP contribution is -2.86. The molecule has 4 N–H and O–H groups in total. The lowest BCUT2D eigenvalue weighted by Gasteiger charge is -2.17. The van der Waals surface area contributed by atoms with Gasteiger partial charge in [-0.1, -0.05) is 63.1 Å². The minimum absolute atomic E-state index is 0.000882. The van der Waals surface area contributed by atoms with Crippen molar-refractivity contribution in [2.75, 3.05) is 13.1 Å². The number of quaternary nitrogens is 1. The molecule has 0 unspecified atom stereocenters. The van der Waals surface area contributed by atoms with Gasteiger partial charge in [-0.15, -0.1) is 0 Å². The Kier molecular flexibility index (Phi) is 12.4. The summed E-state index contributed by atoms with van der Waals surface area (Å²) >= 11 is 0. The number of amides is 1. The smallest absolute Gasteiger partial charge is 0.405 e. The molecule has 0 aliphatic carbocycles. The van der Waals surface area contributed by atoms with Crippen LogP contribution in [0.25, 0.3) is 0 Å². The Hall–Kier alpha value is -3.65. The van der Waals surface area contributed by atoms with E-state index in [1.807, 2.05) is 5.32 Å². The molecule has 0 saturated heterocycles. The Morgan fingerprint density at radius 2 is 1.35 bits per heavy atom. The number of rotatable bonds is 11. The lowest BCUT2D eigenvalue weighted by molar-refractivity contribution is -0.643. The van der Waals surface area contributed by atoms with E-state index in [2.05, 4.69) is 13.8 Å². The van der Waals surface area contributed by atoms with Crippen molar-refractivity contribution in [3.05, 3.63) is 107 Å². The molecule has 0 aliphatic rings. The van der Waals surface area contributed by atoms with E-state index in [4.69, 9.17) is 10.5 Å². The summed E-state index contributed by atoms with van der Waals surface area (Å²) in [5, 5.41) is 2.02. The van der Waals surface area contributed by atoms with E-state index in [-0.39, 0.29) is 11.6 Å². The molecule has 3 aromatic carbocycles. The maximum atomic E-state index is 13.2. The summed E-state index contributed by atoms with van der Waals surface area (Å²) in [5.41, 5.74) is 6.22. The molecule has 198 valence electrons. The van der Waals surface area contributed by atoms with Gasteiger partial charge in [-0.05, 0) is 59.9 Å². The Balaban J connectivity index is 0.000000261. The monoisotopic (exact) mass is 515 g/mol. The van der Waals surface area contributed by atoms with E-state index >= 15 is 0 Å². The molecule has 0 saturated carbocycles. The highest BCUT2D eigenvalue weighted by Crippen LogP contribution is 2.27. The zero-order valence-electron chi connectivity index (χ0n) is 21.1.